The summed E-state index contributed by atoms with van der Waals surface area (Å²) in [6.07, 6.45) is 1.71. The smallest absolute Gasteiger partial charge is 0.261 e. The lowest BCUT2D eigenvalue weighted by Crippen LogP contribution is -2.39. The van der Waals surface area contributed by atoms with E-state index in [1.165, 1.54) is 0 Å². The van der Waals surface area contributed by atoms with Gasteiger partial charge in [0.05, 0.1) is 0 Å². The Bertz CT molecular complexity index is 687. The van der Waals surface area contributed by atoms with Crippen LogP contribution >= 0.6 is 0 Å². The monoisotopic (exact) mass is 412 g/mol. The maximum atomic E-state index is 12.3. The Morgan fingerprint density at radius 1 is 0.700 bits per heavy atom. The van der Waals surface area contributed by atoms with Crippen LogP contribution in [0.2, 0.25) is 0 Å². The molecule has 0 unspecified atom stereocenters. The second-order valence-corrected chi connectivity index (χ2v) is 6.94. The van der Waals surface area contributed by atoms with E-state index in [1.54, 1.807) is 0 Å². The van der Waals surface area contributed by atoms with Gasteiger partial charge in [0, 0.05) is 13.1 Å². The fraction of sp³-hybridized carbons (Fsp3) is 0.417. The number of ether oxygens (including phenoxy) is 2. The number of amides is 2. The van der Waals surface area contributed by atoms with E-state index in [-0.39, 0.29) is 11.8 Å². The zero-order valence-electron chi connectivity index (χ0n) is 17.8. The van der Waals surface area contributed by atoms with Crippen LogP contribution < -0.4 is 20.1 Å². The minimum Gasteiger partial charge on any atom is -0.481 e. The molecule has 0 heterocycles. The fourth-order valence-corrected chi connectivity index (χ4v) is 2.87. The van der Waals surface area contributed by atoms with Crippen LogP contribution in [-0.2, 0) is 9.59 Å². The summed E-state index contributed by atoms with van der Waals surface area (Å²) in [5.74, 6) is 1.14. The number of hydrogen-bond donors (Lipinski definition) is 2. The van der Waals surface area contributed by atoms with Gasteiger partial charge in [-0.15, -0.1) is 0 Å². The Labute approximate surface area is 179 Å². The van der Waals surface area contributed by atoms with Gasteiger partial charge in [0.15, 0.2) is 12.2 Å². The first-order valence-electron chi connectivity index (χ1n) is 10.6. The van der Waals surface area contributed by atoms with E-state index in [4.69, 9.17) is 9.47 Å². The van der Waals surface area contributed by atoms with Crippen LogP contribution in [0, 0.1) is 0 Å². The molecule has 0 bridgehead atoms. The summed E-state index contributed by atoms with van der Waals surface area (Å²) in [6, 6.07) is 18.7. The summed E-state index contributed by atoms with van der Waals surface area (Å²) in [5.41, 5.74) is 0. The molecule has 30 heavy (non-hydrogen) atoms. The van der Waals surface area contributed by atoms with Crippen molar-refractivity contribution >= 4 is 11.8 Å². The molecule has 0 saturated carbocycles. The van der Waals surface area contributed by atoms with Gasteiger partial charge in [-0.1, -0.05) is 50.2 Å². The molecule has 0 fully saturated rings. The molecule has 2 aromatic carbocycles. The number of carbonyl (C=O) groups excluding carboxylic acids is 2. The second kappa shape index (κ2) is 13.2. The van der Waals surface area contributed by atoms with Gasteiger partial charge in [-0.3, -0.25) is 9.59 Å². The maximum Gasteiger partial charge on any atom is 0.261 e. The summed E-state index contributed by atoms with van der Waals surface area (Å²) < 4.78 is 11.5. The molecule has 0 saturated heterocycles. The van der Waals surface area contributed by atoms with E-state index in [9.17, 15) is 9.59 Å². The average molecular weight is 413 g/mol. The summed E-state index contributed by atoms with van der Waals surface area (Å²) in [5, 5.41) is 5.81. The van der Waals surface area contributed by atoms with Crippen LogP contribution in [0.15, 0.2) is 60.7 Å². The number of carbonyl (C=O) groups is 2. The topological polar surface area (TPSA) is 76.7 Å². The first kappa shape index (κ1) is 23.3. The lowest BCUT2D eigenvalue weighted by atomic mass is 10.2. The molecule has 6 nitrogen and oxygen atoms in total. The van der Waals surface area contributed by atoms with Crippen molar-refractivity contribution in [2.75, 3.05) is 13.1 Å². The molecule has 2 aromatic rings. The van der Waals surface area contributed by atoms with Crippen molar-refractivity contribution in [3.05, 3.63) is 60.7 Å². The lowest BCUT2D eigenvalue weighted by Gasteiger charge is -2.18. The van der Waals surface area contributed by atoms with Gasteiger partial charge in [-0.05, 0) is 49.9 Å². The summed E-state index contributed by atoms with van der Waals surface area (Å²) in [6.45, 7) is 4.93. The molecule has 0 radical (unpaired) electrons. The van der Waals surface area contributed by atoms with Crippen LogP contribution in [-0.4, -0.2) is 37.1 Å². The highest BCUT2D eigenvalue weighted by Gasteiger charge is 2.19. The van der Waals surface area contributed by atoms with Gasteiger partial charge in [0.2, 0.25) is 0 Å². The van der Waals surface area contributed by atoms with Gasteiger partial charge in [-0.25, -0.2) is 0 Å². The molecule has 0 aliphatic heterocycles. The molecule has 6 heteroatoms. The number of nitrogens with one attached hydrogen (secondary N) is 2. The van der Waals surface area contributed by atoms with Gasteiger partial charge in [0.1, 0.15) is 11.5 Å². The maximum absolute atomic E-state index is 12.3. The lowest BCUT2D eigenvalue weighted by molar-refractivity contribution is -0.129. The Balaban J connectivity index is 1.62. The quantitative estimate of drug-likeness (QED) is 0.492. The number of para-hydroxylation sites is 2. The zero-order valence-corrected chi connectivity index (χ0v) is 17.8. The van der Waals surface area contributed by atoms with Gasteiger partial charge < -0.3 is 20.1 Å². The SMILES string of the molecule is CC[C@@H](Oc1ccccc1)C(=O)NCCCCNC(=O)[C@@H](CC)Oc1ccccc1. The van der Waals surface area contributed by atoms with Crippen LogP contribution in [0.5, 0.6) is 11.5 Å². The van der Waals surface area contributed by atoms with Crippen LogP contribution in [0.25, 0.3) is 0 Å². The van der Waals surface area contributed by atoms with Gasteiger partial charge >= 0.3 is 0 Å². The molecular weight excluding hydrogens is 380 g/mol. The van der Waals surface area contributed by atoms with Gasteiger partial charge in [-0.2, -0.15) is 0 Å². The van der Waals surface area contributed by atoms with Crippen molar-refractivity contribution in [2.24, 2.45) is 0 Å². The molecule has 162 valence electrons. The Hall–Kier alpha value is -3.02. The van der Waals surface area contributed by atoms with E-state index < -0.39 is 12.2 Å². The molecule has 2 atom stereocenters. The van der Waals surface area contributed by atoms with E-state index in [2.05, 4.69) is 10.6 Å². The highest BCUT2D eigenvalue weighted by molar-refractivity contribution is 5.81. The van der Waals surface area contributed by atoms with Crippen LogP contribution in [0.4, 0.5) is 0 Å². The zero-order chi connectivity index (χ0) is 21.6. The van der Waals surface area contributed by atoms with E-state index in [0.717, 1.165) is 12.8 Å². The largest absolute Gasteiger partial charge is 0.481 e. The summed E-state index contributed by atoms with van der Waals surface area (Å²) in [4.78, 5) is 24.6. The van der Waals surface area contributed by atoms with Crippen molar-refractivity contribution in [2.45, 2.75) is 51.7 Å². The van der Waals surface area contributed by atoms with E-state index in [0.29, 0.717) is 37.4 Å². The third-order valence-electron chi connectivity index (χ3n) is 4.57. The number of benzene rings is 2. The molecule has 2 amide bonds. The highest BCUT2D eigenvalue weighted by Crippen LogP contribution is 2.13. The van der Waals surface area contributed by atoms with Crippen LogP contribution in [0.1, 0.15) is 39.5 Å². The normalized spacial score (nSPS) is 12.5. The first-order valence-corrected chi connectivity index (χ1v) is 10.6. The first-order chi connectivity index (χ1) is 14.6. The van der Waals surface area contributed by atoms with Crippen molar-refractivity contribution in [3.8, 4) is 11.5 Å². The third kappa shape index (κ3) is 8.15. The van der Waals surface area contributed by atoms with Crippen molar-refractivity contribution < 1.29 is 19.1 Å². The molecule has 0 aromatic heterocycles. The second-order valence-electron chi connectivity index (χ2n) is 6.94. The summed E-state index contributed by atoms with van der Waals surface area (Å²) in [7, 11) is 0. The minimum absolute atomic E-state index is 0.118. The highest BCUT2D eigenvalue weighted by atomic mass is 16.5. The fourth-order valence-electron chi connectivity index (χ4n) is 2.87. The van der Waals surface area contributed by atoms with Crippen molar-refractivity contribution in [3.63, 3.8) is 0 Å². The molecular formula is C24H32N2O4. The molecule has 0 spiro atoms. The van der Waals surface area contributed by atoms with E-state index in [1.807, 2.05) is 74.5 Å². The number of rotatable bonds is 13. The molecule has 2 rings (SSSR count). The molecule has 0 aliphatic rings. The standard InChI is InChI=1S/C24H32N2O4/c1-3-21(29-19-13-7-5-8-14-19)23(27)25-17-11-12-18-26-24(28)22(4-2)30-20-15-9-6-10-16-20/h5-10,13-16,21-22H,3-4,11-12,17-18H2,1-2H3,(H,25,27)(H,26,28)/t21-,22-/m1/s1. The Morgan fingerprint density at radius 2 is 1.07 bits per heavy atom. The summed E-state index contributed by atoms with van der Waals surface area (Å²) >= 11 is 0. The van der Waals surface area contributed by atoms with Crippen molar-refractivity contribution in [1.29, 1.82) is 0 Å². The average Bonchev–Trinajstić information content (AvgIpc) is 2.79. The minimum atomic E-state index is -0.507. The predicted octanol–water partition coefficient (Wildman–Crippen LogP) is 3.71. The number of unbranched alkanes of at least 4 members (excludes halogenated alkanes) is 1. The van der Waals surface area contributed by atoms with E-state index >= 15 is 0 Å². The molecule has 0 aliphatic carbocycles. The third-order valence-corrected chi connectivity index (χ3v) is 4.57. The van der Waals surface area contributed by atoms with Crippen molar-refractivity contribution in [1.82, 2.24) is 10.6 Å². The predicted molar refractivity (Wildman–Crippen MR) is 118 cm³/mol. The van der Waals surface area contributed by atoms with Gasteiger partial charge in [0.25, 0.3) is 11.8 Å². The molecule has 2 N–H and O–H groups in total. The Morgan fingerprint density at radius 3 is 1.40 bits per heavy atom. The van der Waals surface area contributed by atoms with Crippen LogP contribution in [0.3, 0.4) is 0 Å². The Kier molecular flexibility index (Phi) is 10.3. The number of hydrogen-bond acceptors (Lipinski definition) is 4.